The van der Waals surface area contributed by atoms with Gasteiger partial charge in [0.2, 0.25) is 0 Å². The molecule has 0 bridgehead atoms. The summed E-state index contributed by atoms with van der Waals surface area (Å²) >= 11 is 0. The molecule has 106 valence electrons. The van der Waals surface area contributed by atoms with E-state index in [-0.39, 0.29) is 0 Å². The molecule has 0 saturated heterocycles. The minimum absolute atomic E-state index is 0.421. The Labute approximate surface area is 118 Å². The summed E-state index contributed by atoms with van der Waals surface area (Å²) < 4.78 is 0. The van der Waals surface area contributed by atoms with E-state index in [1.807, 2.05) is 0 Å². The molecular weight excluding hydrogens is 230 g/mol. The Morgan fingerprint density at radius 1 is 1.16 bits per heavy atom. The van der Waals surface area contributed by atoms with Gasteiger partial charge in [-0.15, -0.1) is 0 Å². The molecule has 0 aromatic heterocycles. The number of hydrogen-bond donors (Lipinski definition) is 1. The van der Waals surface area contributed by atoms with Crippen molar-refractivity contribution in [3.05, 3.63) is 34.9 Å². The lowest BCUT2D eigenvalue weighted by molar-refractivity contribution is 0.248. The van der Waals surface area contributed by atoms with E-state index in [1.54, 1.807) is 0 Å². The van der Waals surface area contributed by atoms with E-state index in [4.69, 9.17) is 0 Å². The first-order valence-corrected chi connectivity index (χ1v) is 7.69. The van der Waals surface area contributed by atoms with E-state index < -0.39 is 0 Å². The quantitative estimate of drug-likeness (QED) is 0.805. The van der Waals surface area contributed by atoms with Crippen LogP contribution in [0, 0.1) is 25.2 Å². The van der Waals surface area contributed by atoms with Crippen LogP contribution in [-0.2, 0) is 6.42 Å². The first-order valence-electron chi connectivity index (χ1n) is 7.69. The number of rotatable bonds is 6. The SMILES string of the molecule is Cc1cc(C)cc(CC(C)(CNC(C)C)C2CC2)c1. The van der Waals surface area contributed by atoms with E-state index in [1.165, 1.54) is 36.0 Å². The molecule has 1 saturated carbocycles. The highest BCUT2D eigenvalue weighted by Crippen LogP contribution is 2.47. The van der Waals surface area contributed by atoms with Crippen molar-refractivity contribution in [2.75, 3.05) is 6.54 Å². The average Bonchev–Trinajstić information content (AvgIpc) is 3.08. The fourth-order valence-electron chi connectivity index (χ4n) is 3.21. The molecule has 1 heteroatoms. The van der Waals surface area contributed by atoms with Gasteiger partial charge in [-0.1, -0.05) is 50.1 Å². The van der Waals surface area contributed by atoms with Crippen LogP contribution < -0.4 is 5.32 Å². The van der Waals surface area contributed by atoms with Gasteiger partial charge in [-0.25, -0.2) is 0 Å². The molecule has 0 radical (unpaired) electrons. The molecule has 1 atom stereocenters. The zero-order valence-electron chi connectivity index (χ0n) is 13.2. The predicted octanol–water partition coefficient (Wildman–Crippen LogP) is 4.26. The van der Waals surface area contributed by atoms with Crippen molar-refractivity contribution in [2.45, 2.75) is 59.9 Å². The van der Waals surface area contributed by atoms with Crippen molar-refractivity contribution in [1.29, 1.82) is 0 Å². The van der Waals surface area contributed by atoms with Crippen LogP contribution in [0.3, 0.4) is 0 Å². The maximum absolute atomic E-state index is 3.66. The minimum atomic E-state index is 0.421. The Morgan fingerprint density at radius 2 is 1.74 bits per heavy atom. The summed E-state index contributed by atoms with van der Waals surface area (Å²) in [5.41, 5.74) is 4.72. The zero-order valence-corrected chi connectivity index (χ0v) is 13.2. The molecule has 0 aliphatic heterocycles. The van der Waals surface area contributed by atoms with Crippen molar-refractivity contribution in [1.82, 2.24) is 5.32 Å². The summed E-state index contributed by atoms with van der Waals surface area (Å²) in [5, 5.41) is 3.66. The van der Waals surface area contributed by atoms with Gasteiger partial charge in [0.05, 0.1) is 0 Å². The van der Waals surface area contributed by atoms with Gasteiger partial charge < -0.3 is 5.32 Å². The standard InChI is InChI=1S/C18H29N/c1-13(2)19-12-18(5,17-6-7-17)11-16-9-14(3)8-15(4)10-16/h8-10,13,17,19H,6-7,11-12H2,1-5H3. The number of hydrogen-bond acceptors (Lipinski definition) is 1. The van der Waals surface area contributed by atoms with Gasteiger partial charge in [0, 0.05) is 12.6 Å². The van der Waals surface area contributed by atoms with Crippen LogP contribution in [0.15, 0.2) is 18.2 Å². The van der Waals surface area contributed by atoms with Crippen molar-refractivity contribution < 1.29 is 0 Å². The van der Waals surface area contributed by atoms with Gasteiger partial charge >= 0.3 is 0 Å². The third kappa shape index (κ3) is 4.07. The second-order valence-corrected chi connectivity index (χ2v) is 7.14. The Morgan fingerprint density at radius 3 is 2.21 bits per heavy atom. The van der Waals surface area contributed by atoms with Crippen LogP contribution in [0.25, 0.3) is 0 Å². The molecule has 2 rings (SSSR count). The van der Waals surface area contributed by atoms with Crippen molar-refractivity contribution in [3.8, 4) is 0 Å². The normalized spacial score (nSPS) is 18.6. The predicted molar refractivity (Wildman–Crippen MR) is 83.6 cm³/mol. The minimum Gasteiger partial charge on any atom is -0.314 e. The summed E-state index contributed by atoms with van der Waals surface area (Å²) in [6.45, 7) is 12.5. The maximum atomic E-state index is 3.66. The van der Waals surface area contributed by atoms with Crippen LogP contribution in [0.2, 0.25) is 0 Å². The molecule has 1 aromatic rings. The molecule has 0 spiro atoms. The molecule has 1 nitrogen and oxygen atoms in total. The van der Waals surface area contributed by atoms with Crippen molar-refractivity contribution in [3.63, 3.8) is 0 Å². The van der Waals surface area contributed by atoms with Gasteiger partial charge in [0.15, 0.2) is 0 Å². The van der Waals surface area contributed by atoms with Crippen LogP contribution in [0.1, 0.15) is 50.3 Å². The van der Waals surface area contributed by atoms with Gasteiger partial charge in [-0.05, 0) is 50.0 Å². The van der Waals surface area contributed by atoms with Gasteiger partial charge in [0.1, 0.15) is 0 Å². The zero-order chi connectivity index (χ0) is 14.0. The highest BCUT2D eigenvalue weighted by molar-refractivity contribution is 5.29. The summed E-state index contributed by atoms with van der Waals surface area (Å²) in [4.78, 5) is 0. The first-order chi connectivity index (χ1) is 8.89. The van der Waals surface area contributed by atoms with Gasteiger partial charge in [0.25, 0.3) is 0 Å². The van der Waals surface area contributed by atoms with Gasteiger partial charge in [-0.2, -0.15) is 0 Å². The third-order valence-corrected chi connectivity index (χ3v) is 4.37. The highest BCUT2D eigenvalue weighted by atomic mass is 14.9. The van der Waals surface area contributed by atoms with E-state index in [9.17, 15) is 0 Å². The Kier molecular flexibility index (Phi) is 4.35. The fourth-order valence-corrected chi connectivity index (χ4v) is 3.21. The van der Waals surface area contributed by atoms with E-state index in [0.29, 0.717) is 11.5 Å². The molecule has 1 aliphatic rings. The van der Waals surface area contributed by atoms with Crippen LogP contribution >= 0.6 is 0 Å². The van der Waals surface area contributed by atoms with Crippen molar-refractivity contribution >= 4 is 0 Å². The molecule has 0 amide bonds. The maximum Gasteiger partial charge on any atom is 0.00134 e. The van der Waals surface area contributed by atoms with Crippen LogP contribution in [-0.4, -0.2) is 12.6 Å². The molecule has 1 aliphatic carbocycles. The summed E-state index contributed by atoms with van der Waals surface area (Å²) in [6.07, 6.45) is 4.04. The lowest BCUT2D eigenvalue weighted by Gasteiger charge is -2.31. The van der Waals surface area contributed by atoms with Crippen LogP contribution in [0.4, 0.5) is 0 Å². The van der Waals surface area contributed by atoms with E-state index >= 15 is 0 Å². The second-order valence-electron chi connectivity index (χ2n) is 7.14. The Balaban J connectivity index is 2.11. The summed E-state index contributed by atoms with van der Waals surface area (Å²) in [7, 11) is 0. The molecule has 1 fully saturated rings. The first kappa shape index (κ1) is 14.6. The second kappa shape index (κ2) is 5.66. The lowest BCUT2D eigenvalue weighted by Crippen LogP contribution is -2.38. The molecule has 1 N–H and O–H groups in total. The van der Waals surface area contributed by atoms with E-state index in [2.05, 4.69) is 58.1 Å². The van der Waals surface area contributed by atoms with Crippen LogP contribution in [0.5, 0.6) is 0 Å². The third-order valence-electron chi connectivity index (χ3n) is 4.37. The monoisotopic (exact) mass is 259 g/mol. The smallest absolute Gasteiger partial charge is 0.00134 e. The summed E-state index contributed by atoms with van der Waals surface area (Å²) in [5.74, 6) is 0.916. The topological polar surface area (TPSA) is 12.0 Å². The molecule has 1 aromatic carbocycles. The fraction of sp³-hybridized carbons (Fsp3) is 0.667. The lowest BCUT2D eigenvalue weighted by atomic mass is 9.78. The number of nitrogens with one attached hydrogen (secondary N) is 1. The van der Waals surface area contributed by atoms with E-state index in [0.717, 1.165) is 12.5 Å². The Hall–Kier alpha value is -0.820. The molecule has 1 unspecified atom stereocenters. The van der Waals surface area contributed by atoms with Gasteiger partial charge in [-0.3, -0.25) is 0 Å². The number of benzene rings is 1. The summed E-state index contributed by atoms with van der Waals surface area (Å²) in [6, 6.07) is 7.58. The Bertz CT molecular complexity index is 411. The average molecular weight is 259 g/mol. The largest absolute Gasteiger partial charge is 0.314 e. The van der Waals surface area contributed by atoms with Crippen molar-refractivity contribution in [2.24, 2.45) is 11.3 Å². The molecule has 19 heavy (non-hydrogen) atoms. The number of aryl methyl sites for hydroxylation is 2. The molecule has 0 heterocycles. The molecular formula is C18H29N. The highest BCUT2D eigenvalue weighted by Gasteiger charge is 2.41.